The van der Waals surface area contributed by atoms with E-state index in [9.17, 15) is 26.3 Å². The van der Waals surface area contributed by atoms with Gasteiger partial charge in [0.1, 0.15) is 0 Å². The van der Waals surface area contributed by atoms with E-state index in [4.69, 9.17) is 20.1 Å². The lowest BCUT2D eigenvalue weighted by atomic mass is 10.0. The SMILES string of the molecule is C[C@@H](O[Si](c1ccccc1)(c1ccccc1)C(C)(C)C)[C@H](N)c1cc(F)c(F)c(F)c1.O=C(O)C(F)(F)F. The first-order valence-electron chi connectivity index (χ1n) is 11.5. The van der Waals surface area contributed by atoms with Crippen molar-refractivity contribution in [1.82, 2.24) is 0 Å². The van der Waals surface area contributed by atoms with Gasteiger partial charge in [-0.3, -0.25) is 0 Å². The van der Waals surface area contributed by atoms with Crippen molar-refractivity contribution < 1.29 is 40.7 Å². The molecule has 11 heteroatoms. The van der Waals surface area contributed by atoms with Gasteiger partial charge in [-0.25, -0.2) is 18.0 Å². The van der Waals surface area contributed by atoms with Crippen LogP contribution in [0.4, 0.5) is 26.3 Å². The van der Waals surface area contributed by atoms with Crippen molar-refractivity contribution in [3.8, 4) is 0 Å². The predicted molar refractivity (Wildman–Crippen MR) is 135 cm³/mol. The second kappa shape index (κ2) is 12.1. The molecule has 4 nitrogen and oxygen atoms in total. The molecule has 0 heterocycles. The first-order chi connectivity index (χ1) is 17.5. The standard InChI is InChI=1S/C25H28F3NOSi.C2HF3O2/c1-17(24(29)18-15-21(26)23(28)22(27)16-18)30-31(25(2,3)4,19-11-7-5-8-12-19)20-13-9-6-10-14-20;3-2(4,5)1(6)7/h5-17,24H,29H2,1-4H3;(H,6,7)/t17-,24+;/m1./s1. The molecule has 0 unspecified atom stereocenters. The van der Waals surface area contributed by atoms with Gasteiger partial charge in [-0.15, -0.1) is 0 Å². The van der Waals surface area contributed by atoms with Gasteiger partial charge in [0.25, 0.3) is 8.32 Å². The number of hydrogen-bond donors (Lipinski definition) is 2. The second-order valence-corrected chi connectivity index (χ2v) is 13.9. The summed E-state index contributed by atoms with van der Waals surface area (Å²) in [4.78, 5) is 8.90. The number of carboxylic acids is 1. The molecule has 2 atom stereocenters. The highest BCUT2D eigenvalue weighted by molar-refractivity contribution is 6.99. The minimum atomic E-state index is -5.08. The van der Waals surface area contributed by atoms with Crippen LogP contribution in [0.25, 0.3) is 0 Å². The number of alkyl halides is 3. The van der Waals surface area contributed by atoms with E-state index >= 15 is 0 Å². The summed E-state index contributed by atoms with van der Waals surface area (Å²) >= 11 is 0. The molecule has 0 aliphatic carbocycles. The summed E-state index contributed by atoms with van der Waals surface area (Å²) in [5.41, 5.74) is 6.53. The molecular formula is C27H29F6NO3Si. The Morgan fingerprint density at radius 2 is 1.24 bits per heavy atom. The normalized spacial score (nSPS) is 13.8. The average Bonchev–Trinajstić information content (AvgIpc) is 2.85. The lowest BCUT2D eigenvalue weighted by molar-refractivity contribution is -0.192. The van der Waals surface area contributed by atoms with Crippen LogP contribution in [-0.2, 0) is 9.22 Å². The molecule has 0 bridgehead atoms. The summed E-state index contributed by atoms with van der Waals surface area (Å²) in [6, 6.07) is 21.1. The molecule has 3 N–H and O–H groups in total. The van der Waals surface area contributed by atoms with Gasteiger partial charge in [0.15, 0.2) is 17.5 Å². The van der Waals surface area contributed by atoms with Crippen molar-refractivity contribution in [3.05, 3.63) is 95.8 Å². The Hall–Kier alpha value is -3.15. The Labute approximate surface area is 218 Å². The van der Waals surface area contributed by atoms with E-state index in [2.05, 4.69) is 45.0 Å². The van der Waals surface area contributed by atoms with E-state index in [1.807, 2.05) is 36.4 Å². The molecule has 0 fully saturated rings. The van der Waals surface area contributed by atoms with Crippen LogP contribution in [0.2, 0.25) is 5.04 Å². The predicted octanol–water partition coefficient (Wildman–Crippen LogP) is 5.70. The van der Waals surface area contributed by atoms with Crippen LogP contribution in [-0.4, -0.2) is 31.7 Å². The molecule has 0 aromatic heterocycles. The molecule has 3 aromatic carbocycles. The van der Waals surface area contributed by atoms with E-state index in [1.54, 1.807) is 6.92 Å². The maximum Gasteiger partial charge on any atom is 0.490 e. The topological polar surface area (TPSA) is 72.5 Å². The van der Waals surface area contributed by atoms with Gasteiger partial charge in [0, 0.05) is 0 Å². The van der Waals surface area contributed by atoms with E-state index < -0.39 is 50.1 Å². The third-order valence-electron chi connectivity index (χ3n) is 5.92. The summed E-state index contributed by atoms with van der Waals surface area (Å²) in [5, 5.41) is 9.00. The smallest absolute Gasteiger partial charge is 0.475 e. The van der Waals surface area contributed by atoms with Gasteiger partial charge < -0.3 is 15.3 Å². The van der Waals surface area contributed by atoms with Gasteiger partial charge in [0.2, 0.25) is 0 Å². The zero-order valence-electron chi connectivity index (χ0n) is 21.2. The number of rotatable bonds is 6. The van der Waals surface area contributed by atoms with Gasteiger partial charge in [0.05, 0.1) is 12.1 Å². The van der Waals surface area contributed by atoms with Gasteiger partial charge in [-0.2, -0.15) is 13.2 Å². The number of halogens is 6. The van der Waals surface area contributed by atoms with Crippen LogP contribution < -0.4 is 16.1 Å². The van der Waals surface area contributed by atoms with E-state index in [1.165, 1.54) is 0 Å². The second-order valence-electron chi connectivity index (χ2n) is 9.61. The minimum absolute atomic E-state index is 0.154. The molecule has 3 rings (SSSR count). The third kappa shape index (κ3) is 7.03. The van der Waals surface area contributed by atoms with Crippen molar-refractivity contribution in [2.75, 3.05) is 0 Å². The van der Waals surface area contributed by atoms with Crippen LogP contribution in [0.3, 0.4) is 0 Å². The maximum atomic E-state index is 13.8. The fraction of sp³-hybridized carbons (Fsp3) is 0.296. The van der Waals surface area contributed by atoms with Crippen molar-refractivity contribution in [1.29, 1.82) is 0 Å². The van der Waals surface area contributed by atoms with Crippen LogP contribution in [0.15, 0.2) is 72.8 Å². The molecule has 0 saturated carbocycles. The summed E-state index contributed by atoms with van der Waals surface area (Å²) in [6.45, 7) is 8.20. The number of carboxylic acid groups (broad SMARTS) is 1. The van der Waals surface area contributed by atoms with Crippen LogP contribution in [0.5, 0.6) is 0 Å². The number of benzene rings is 3. The average molecular weight is 558 g/mol. The third-order valence-corrected chi connectivity index (χ3v) is 11.0. The lowest BCUT2D eigenvalue weighted by Crippen LogP contribution is -2.68. The molecule has 3 aromatic rings. The highest BCUT2D eigenvalue weighted by Gasteiger charge is 2.51. The number of aliphatic carboxylic acids is 1. The van der Waals surface area contributed by atoms with E-state index in [0.717, 1.165) is 22.5 Å². The first kappa shape index (κ1) is 31.1. The first-order valence-corrected chi connectivity index (χ1v) is 13.4. The molecular weight excluding hydrogens is 528 g/mol. The van der Waals surface area contributed by atoms with Gasteiger partial charge in [-0.1, -0.05) is 81.4 Å². The molecule has 206 valence electrons. The van der Waals surface area contributed by atoms with Crippen molar-refractivity contribution in [3.63, 3.8) is 0 Å². The quantitative estimate of drug-likeness (QED) is 0.232. The van der Waals surface area contributed by atoms with Crippen molar-refractivity contribution in [2.45, 2.75) is 51.1 Å². The van der Waals surface area contributed by atoms with Crippen LogP contribution >= 0.6 is 0 Å². The molecule has 38 heavy (non-hydrogen) atoms. The highest BCUT2D eigenvalue weighted by atomic mass is 28.4. The Morgan fingerprint density at radius 1 is 0.868 bits per heavy atom. The fourth-order valence-corrected chi connectivity index (χ4v) is 8.80. The number of hydrogen-bond acceptors (Lipinski definition) is 3. The van der Waals surface area contributed by atoms with Crippen molar-refractivity contribution >= 4 is 24.7 Å². The van der Waals surface area contributed by atoms with Crippen LogP contribution in [0.1, 0.15) is 39.3 Å². The van der Waals surface area contributed by atoms with E-state index in [-0.39, 0.29) is 10.6 Å². The fourth-order valence-electron chi connectivity index (χ4n) is 4.08. The van der Waals surface area contributed by atoms with Crippen molar-refractivity contribution in [2.24, 2.45) is 5.73 Å². The summed E-state index contributed by atoms with van der Waals surface area (Å²) in [5.74, 6) is -6.78. The molecule has 0 spiro atoms. The Morgan fingerprint density at radius 3 is 1.55 bits per heavy atom. The largest absolute Gasteiger partial charge is 0.490 e. The molecule has 0 aliphatic heterocycles. The molecule has 0 aliphatic rings. The summed E-state index contributed by atoms with van der Waals surface area (Å²) < 4.78 is 79.7. The Balaban J connectivity index is 0.000000638. The summed E-state index contributed by atoms with van der Waals surface area (Å²) in [6.07, 6.45) is -5.67. The zero-order valence-corrected chi connectivity index (χ0v) is 22.2. The van der Waals surface area contributed by atoms with E-state index in [0.29, 0.717) is 0 Å². The van der Waals surface area contributed by atoms with Gasteiger partial charge >= 0.3 is 12.1 Å². The van der Waals surface area contributed by atoms with Crippen LogP contribution in [0, 0.1) is 17.5 Å². The lowest BCUT2D eigenvalue weighted by Gasteiger charge is -2.45. The number of nitrogens with two attached hydrogens (primary N) is 1. The maximum absolute atomic E-state index is 13.8. The summed E-state index contributed by atoms with van der Waals surface area (Å²) in [7, 11) is -2.89. The highest BCUT2D eigenvalue weighted by Crippen LogP contribution is 2.38. The number of carbonyl (C=O) groups is 1. The van der Waals surface area contributed by atoms with Gasteiger partial charge in [-0.05, 0) is 40.0 Å². The molecule has 0 amide bonds. The molecule has 0 radical (unpaired) electrons. The zero-order chi connectivity index (χ0) is 28.9. The Kier molecular flexibility index (Phi) is 9.92. The molecule has 0 saturated heterocycles. The monoisotopic (exact) mass is 557 g/mol. The minimum Gasteiger partial charge on any atom is -0.475 e. The Bertz CT molecular complexity index is 1150.